The number of ether oxygens (including phenoxy) is 2. The molecule has 0 bridgehead atoms. The molecule has 1 saturated heterocycles. The fraction of sp³-hybridized carbons (Fsp3) is 0.154. The van der Waals surface area contributed by atoms with E-state index in [0.29, 0.717) is 28.1 Å². The van der Waals surface area contributed by atoms with Crippen LogP contribution in [-0.4, -0.2) is 41.5 Å². The first-order valence-corrected chi connectivity index (χ1v) is 10.6. The van der Waals surface area contributed by atoms with E-state index in [4.69, 9.17) is 9.47 Å². The van der Waals surface area contributed by atoms with Crippen LogP contribution >= 0.6 is 0 Å². The minimum atomic E-state index is -0.920. The van der Waals surface area contributed by atoms with Crippen LogP contribution in [0.2, 0.25) is 0 Å². The zero-order chi connectivity index (χ0) is 24.2. The van der Waals surface area contributed by atoms with E-state index in [0.717, 1.165) is 0 Å². The van der Waals surface area contributed by atoms with Crippen molar-refractivity contribution in [3.05, 3.63) is 95.3 Å². The minimum absolute atomic E-state index is 0.0566. The predicted molar refractivity (Wildman–Crippen MR) is 124 cm³/mol. The van der Waals surface area contributed by atoms with Crippen molar-refractivity contribution in [1.29, 1.82) is 0 Å². The third-order valence-electron chi connectivity index (χ3n) is 5.46. The average Bonchev–Trinajstić information content (AvgIpc) is 3.14. The Hall–Kier alpha value is -4.46. The van der Waals surface area contributed by atoms with Gasteiger partial charge in [0.15, 0.2) is 0 Å². The molecule has 172 valence electrons. The Balaban J connectivity index is 1.87. The van der Waals surface area contributed by atoms with Gasteiger partial charge in [-0.2, -0.15) is 0 Å². The van der Waals surface area contributed by atoms with Crippen LogP contribution in [-0.2, 0) is 14.3 Å². The summed E-state index contributed by atoms with van der Waals surface area (Å²) in [6.07, 6.45) is 2.97. The van der Waals surface area contributed by atoms with E-state index in [1.807, 2.05) is 0 Å². The summed E-state index contributed by atoms with van der Waals surface area (Å²) < 4.78 is 10.3. The molecule has 1 N–H and O–H groups in total. The van der Waals surface area contributed by atoms with Gasteiger partial charge in [0.1, 0.15) is 11.5 Å². The number of ketones is 1. The van der Waals surface area contributed by atoms with E-state index >= 15 is 0 Å². The van der Waals surface area contributed by atoms with Gasteiger partial charge in [0.2, 0.25) is 0 Å². The highest BCUT2D eigenvalue weighted by Crippen LogP contribution is 2.42. The molecule has 2 aromatic carbocycles. The number of aromatic nitrogens is 1. The number of anilines is 1. The molecule has 0 radical (unpaired) electrons. The highest BCUT2D eigenvalue weighted by Gasteiger charge is 2.47. The second-order valence-corrected chi connectivity index (χ2v) is 7.45. The average molecular weight is 458 g/mol. The number of carbonyl (C=O) groups excluding carboxylic acids is 3. The third-order valence-corrected chi connectivity index (χ3v) is 5.46. The van der Waals surface area contributed by atoms with Crippen molar-refractivity contribution < 1.29 is 29.0 Å². The number of carbonyl (C=O) groups is 3. The van der Waals surface area contributed by atoms with Crippen LogP contribution in [0.5, 0.6) is 5.75 Å². The number of aliphatic hydroxyl groups excluding tert-OH is 1. The van der Waals surface area contributed by atoms with Crippen molar-refractivity contribution >= 4 is 29.1 Å². The molecule has 0 spiro atoms. The number of methoxy groups -OCH3 is 1. The number of nitrogens with zero attached hydrogens (tertiary/aromatic N) is 2. The molecule has 8 heteroatoms. The lowest BCUT2D eigenvalue weighted by molar-refractivity contribution is -0.132. The third kappa shape index (κ3) is 4.13. The van der Waals surface area contributed by atoms with Gasteiger partial charge in [-0.1, -0.05) is 12.1 Å². The first-order chi connectivity index (χ1) is 16.5. The van der Waals surface area contributed by atoms with E-state index in [1.54, 1.807) is 55.5 Å². The summed E-state index contributed by atoms with van der Waals surface area (Å²) in [5.41, 5.74) is 1.58. The summed E-state index contributed by atoms with van der Waals surface area (Å²) in [5, 5.41) is 11.1. The largest absolute Gasteiger partial charge is 0.507 e. The molecule has 2 heterocycles. The topological polar surface area (TPSA) is 106 Å². The van der Waals surface area contributed by atoms with Crippen molar-refractivity contribution in [2.45, 2.75) is 13.0 Å². The maximum atomic E-state index is 13.2. The predicted octanol–water partition coefficient (Wildman–Crippen LogP) is 3.89. The Labute approximate surface area is 196 Å². The van der Waals surface area contributed by atoms with E-state index in [-0.39, 0.29) is 17.9 Å². The van der Waals surface area contributed by atoms with E-state index in [9.17, 15) is 19.5 Å². The van der Waals surface area contributed by atoms with Crippen molar-refractivity contribution in [3.63, 3.8) is 0 Å². The molecule has 1 aromatic heterocycles. The number of amides is 1. The highest BCUT2D eigenvalue weighted by molar-refractivity contribution is 6.51. The van der Waals surface area contributed by atoms with Crippen LogP contribution in [0.25, 0.3) is 5.76 Å². The monoisotopic (exact) mass is 458 g/mol. The normalized spacial score (nSPS) is 17.0. The SMILES string of the molecule is CCOC(=O)c1ccc(N2C(=O)C(=O)/C(=C(/O)c3ccncc3)C2c2cccc(OC)c2)cc1. The maximum absolute atomic E-state index is 13.2. The Kier molecular flexibility index (Phi) is 6.40. The van der Waals surface area contributed by atoms with Gasteiger partial charge >= 0.3 is 5.97 Å². The highest BCUT2D eigenvalue weighted by atomic mass is 16.5. The summed E-state index contributed by atoms with van der Waals surface area (Å²) in [4.78, 5) is 43.7. The Morgan fingerprint density at radius 2 is 1.74 bits per heavy atom. The molecule has 1 unspecified atom stereocenters. The van der Waals surface area contributed by atoms with Gasteiger partial charge in [-0.05, 0) is 61.0 Å². The molecule has 0 aliphatic carbocycles. The maximum Gasteiger partial charge on any atom is 0.338 e. The van der Waals surface area contributed by atoms with Gasteiger partial charge in [0, 0.05) is 23.6 Å². The van der Waals surface area contributed by atoms with Gasteiger partial charge in [0.05, 0.1) is 30.9 Å². The second kappa shape index (κ2) is 9.58. The Morgan fingerprint density at radius 1 is 1.03 bits per heavy atom. The molecule has 34 heavy (non-hydrogen) atoms. The lowest BCUT2D eigenvalue weighted by atomic mass is 9.95. The van der Waals surface area contributed by atoms with Gasteiger partial charge in [-0.25, -0.2) is 4.79 Å². The van der Waals surface area contributed by atoms with E-state index < -0.39 is 23.7 Å². The molecule has 1 atom stereocenters. The summed E-state index contributed by atoms with van der Waals surface area (Å²) in [7, 11) is 1.52. The van der Waals surface area contributed by atoms with Crippen molar-refractivity contribution in [2.75, 3.05) is 18.6 Å². The molecular formula is C26H22N2O6. The number of aliphatic hydroxyl groups is 1. The van der Waals surface area contributed by atoms with Crippen LogP contribution in [0.3, 0.4) is 0 Å². The van der Waals surface area contributed by atoms with Crippen LogP contribution in [0, 0.1) is 0 Å². The fourth-order valence-electron chi connectivity index (χ4n) is 3.86. The lowest BCUT2D eigenvalue weighted by Gasteiger charge is -2.26. The fourth-order valence-corrected chi connectivity index (χ4v) is 3.86. The lowest BCUT2D eigenvalue weighted by Crippen LogP contribution is -2.29. The summed E-state index contributed by atoms with van der Waals surface area (Å²) in [5.74, 6) is -1.88. The van der Waals surface area contributed by atoms with Crippen molar-refractivity contribution in [1.82, 2.24) is 4.98 Å². The van der Waals surface area contributed by atoms with E-state index in [1.165, 1.54) is 36.5 Å². The molecule has 1 aliphatic rings. The number of hydrogen-bond acceptors (Lipinski definition) is 7. The van der Waals surface area contributed by atoms with Gasteiger partial charge < -0.3 is 14.6 Å². The van der Waals surface area contributed by atoms with Crippen LogP contribution in [0.15, 0.2) is 78.6 Å². The molecule has 8 nitrogen and oxygen atoms in total. The number of Topliss-reactive ketones (excluding diaryl/α,β-unsaturated/α-hetero) is 1. The quantitative estimate of drug-likeness (QED) is 0.258. The molecule has 4 rings (SSSR count). The molecule has 1 amide bonds. The Bertz CT molecular complexity index is 1270. The molecule has 3 aromatic rings. The molecule has 0 saturated carbocycles. The van der Waals surface area contributed by atoms with Gasteiger partial charge in [-0.3, -0.25) is 19.5 Å². The number of rotatable bonds is 6. The van der Waals surface area contributed by atoms with Gasteiger partial charge in [0.25, 0.3) is 11.7 Å². The molecule has 1 aliphatic heterocycles. The van der Waals surface area contributed by atoms with Crippen molar-refractivity contribution in [3.8, 4) is 5.75 Å². The zero-order valence-corrected chi connectivity index (χ0v) is 18.6. The van der Waals surface area contributed by atoms with Crippen LogP contribution in [0.4, 0.5) is 5.69 Å². The standard InChI is InChI=1S/C26H22N2O6/c1-3-34-26(32)17-7-9-19(10-8-17)28-22(18-5-4-6-20(15-18)33-2)21(24(30)25(28)31)23(29)16-11-13-27-14-12-16/h4-15,22,29H,3H2,1-2H3/b23-21+. The number of hydrogen-bond donors (Lipinski definition) is 1. The summed E-state index contributed by atoms with van der Waals surface area (Å²) >= 11 is 0. The van der Waals surface area contributed by atoms with Crippen LogP contribution in [0.1, 0.15) is 34.5 Å². The first-order valence-electron chi connectivity index (χ1n) is 10.6. The second-order valence-electron chi connectivity index (χ2n) is 7.45. The van der Waals surface area contributed by atoms with Gasteiger partial charge in [-0.15, -0.1) is 0 Å². The zero-order valence-electron chi connectivity index (χ0n) is 18.6. The number of pyridine rings is 1. The van der Waals surface area contributed by atoms with Crippen molar-refractivity contribution in [2.24, 2.45) is 0 Å². The number of benzene rings is 2. The Morgan fingerprint density at radius 3 is 2.38 bits per heavy atom. The smallest absolute Gasteiger partial charge is 0.338 e. The van der Waals surface area contributed by atoms with E-state index in [2.05, 4.69) is 4.98 Å². The molecule has 1 fully saturated rings. The minimum Gasteiger partial charge on any atom is -0.507 e. The van der Waals surface area contributed by atoms with Crippen LogP contribution < -0.4 is 9.64 Å². The summed E-state index contributed by atoms with van der Waals surface area (Å²) in [6, 6.07) is 15.3. The first kappa shape index (κ1) is 22.7. The molecular weight excluding hydrogens is 436 g/mol. The number of esters is 1. The summed E-state index contributed by atoms with van der Waals surface area (Å²) in [6.45, 7) is 1.95.